The Kier molecular flexibility index (Phi) is 16.1. The van der Waals surface area contributed by atoms with Crippen LogP contribution in [0.1, 0.15) is 180 Å². The van der Waals surface area contributed by atoms with Crippen LogP contribution in [0.2, 0.25) is 0 Å². The van der Waals surface area contributed by atoms with Gasteiger partial charge in [-0.15, -0.1) is 0 Å². The molecule has 0 amide bonds. The summed E-state index contributed by atoms with van der Waals surface area (Å²) in [6.45, 7) is 26.4. The summed E-state index contributed by atoms with van der Waals surface area (Å²) in [4.78, 5) is 52.4. The number of ketones is 1. The quantitative estimate of drug-likeness (QED) is 0.0508. The predicted molar refractivity (Wildman–Crippen MR) is 262 cm³/mol. The third kappa shape index (κ3) is 10.6. The van der Waals surface area contributed by atoms with Gasteiger partial charge in [0, 0.05) is 74.1 Å². The van der Waals surface area contributed by atoms with Crippen molar-refractivity contribution in [2.45, 2.75) is 146 Å². The number of fused-ring (bicyclic) bond motifs is 7. The number of aromatic amines is 3. The number of carbonyl (C=O) groups is 3. The molecule has 0 spiro atoms. The Balaban J connectivity index is 1.21. The van der Waals surface area contributed by atoms with Crippen molar-refractivity contribution in [2.75, 3.05) is 13.7 Å². The van der Waals surface area contributed by atoms with Crippen LogP contribution in [0.4, 0.5) is 0 Å². The molecule has 5 atom stereocenters. The molecule has 8 bridgehead atoms. The van der Waals surface area contributed by atoms with E-state index in [-0.39, 0.29) is 36.6 Å². The van der Waals surface area contributed by atoms with Gasteiger partial charge in [-0.05, 0) is 118 Å². The molecule has 9 heteroatoms. The van der Waals surface area contributed by atoms with Crippen LogP contribution in [0, 0.1) is 56.3 Å². The fourth-order valence-electron chi connectivity index (χ4n) is 10.4. The zero-order valence-electron chi connectivity index (χ0n) is 40.8. The van der Waals surface area contributed by atoms with Gasteiger partial charge in [0.2, 0.25) is 0 Å². The van der Waals surface area contributed by atoms with E-state index in [2.05, 4.69) is 107 Å². The first-order chi connectivity index (χ1) is 30.6. The minimum Gasteiger partial charge on any atom is -0.468 e. The first-order valence-electron chi connectivity index (χ1n) is 24.2. The van der Waals surface area contributed by atoms with Crippen LogP contribution in [-0.4, -0.2) is 46.4 Å². The molecule has 0 saturated carbocycles. The maximum Gasteiger partial charge on any atom is 0.321 e. The van der Waals surface area contributed by atoms with Gasteiger partial charge >= 0.3 is 11.9 Å². The molecular formula is C55H76N4O5. The second kappa shape index (κ2) is 21.3. The smallest absolute Gasteiger partial charge is 0.321 e. The number of carbonyl (C=O) groups excluding carboxylic acids is 3. The predicted octanol–water partition coefficient (Wildman–Crippen LogP) is 11.1. The lowest BCUT2D eigenvalue weighted by atomic mass is 9.85. The molecule has 3 aliphatic rings. The van der Waals surface area contributed by atoms with Crippen molar-refractivity contribution in [2.24, 2.45) is 35.5 Å². The number of allylic oxidation sites excluding steroid dienone is 3. The molecule has 346 valence electrons. The maximum atomic E-state index is 14.4. The molecule has 0 radical (unpaired) electrons. The molecule has 3 aromatic rings. The topological polar surface area (TPSA) is 129 Å². The summed E-state index contributed by atoms with van der Waals surface area (Å²) in [7, 11) is 1.32. The van der Waals surface area contributed by atoms with Gasteiger partial charge < -0.3 is 29.7 Å². The van der Waals surface area contributed by atoms with E-state index in [4.69, 9.17) is 9.47 Å². The van der Waals surface area contributed by atoms with Crippen molar-refractivity contribution in [1.82, 2.24) is 20.3 Å². The average molecular weight is 873 g/mol. The first-order valence-corrected chi connectivity index (χ1v) is 24.2. The van der Waals surface area contributed by atoms with E-state index in [1.54, 1.807) is 0 Å². The Labute approximate surface area is 382 Å². The van der Waals surface area contributed by atoms with Gasteiger partial charge in [0.05, 0.1) is 12.8 Å². The van der Waals surface area contributed by atoms with E-state index < -0.39 is 11.9 Å². The van der Waals surface area contributed by atoms with E-state index in [0.717, 1.165) is 98.4 Å². The Morgan fingerprint density at radius 3 is 2.14 bits per heavy atom. The van der Waals surface area contributed by atoms with Gasteiger partial charge in [-0.1, -0.05) is 105 Å². The van der Waals surface area contributed by atoms with E-state index >= 15 is 0 Å². The summed E-state index contributed by atoms with van der Waals surface area (Å²) in [5.74, 6) is -0.275. The summed E-state index contributed by atoms with van der Waals surface area (Å²) < 4.78 is 11.1. The van der Waals surface area contributed by atoms with Crippen LogP contribution >= 0.6 is 0 Å². The lowest BCUT2D eigenvalue weighted by Crippen LogP contribution is -2.25. The number of Topliss-reactive ketones (excluding diaryl/α,β-unsaturated/α-hetero) is 1. The Bertz CT molecular complexity index is 2450. The van der Waals surface area contributed by atoms with E-state index in [1.807, 2.05) is 19.1 Å². The van der Waals surface area contributed by atoms with Crippen molar-refractivity contribution in [3.05, 3.63) is 96.5 Å². The minimum absolute atomic E-state index is 0.0876. The number of ether oxygens (including phenoxy) is 2. The van der Waals surface area contributed by atoms with Crippen molar-refractivity contribution in [3.8, 4) is 0 Å². The summed E-state index contributed by atoms with van der Waals surface area (Å²) in [5, 5.41) is 5.66. The third-order valence-electron chi connectivity index (χ3n) is 14.6. The number of esters is 2. The van der Waals surface area contributed by atoms with Crippen molar-refractivity contribution in [1.29, 1.82) is 0 Å². The summed E-state index contributed by atoms with van der Waals surface area (Å²) in [6, 6.07) is 0. The molecule has 0 aromatic carbocycles. The third-order valence-corrected chi connectivity index (χ3v) is 14.6. The number of aromatic nitrogens is 3. The van der Waals surface area contributed by atoms with Gasteiger partial charge in [-0.25, -0.2) is 0 Å². The molecular weight excluding hydrogens is 797 g/mol. The van der Waals surface area contributed by atoms with E-state index in [1.165, 1.54) is 63.2 Å². The molecule has 5 heterocycles. The van der Waals surface area contributed by atoms with Crippen LogP contribution in [-0.2, 0) is 25.5 Å². The molecule has 64 heavy (non-hydrogen) atoms. The molecule has 1 aliphatic carbocycles. The monoisotopic (exact) mass is 873 g/mol. The maximum absolute atomic E-state index is 14.4. The molecule has 1 fully saturated rings. The van der Waals surface area contributed by atoms with Crippen LogP contribution in [0.25, 0.3) is 29.9 Å². The Morgan fingerprint density at radius 2 is 1.48 bits per heavy atom. The highest BCUT2D eigenvalue weighted by molar-refractivity contribution is 6.24. The molecule has 6 rings (SSSR count). The fraction of sp³-hybridized carbons (Fsp3) is 0.545. The normalized spacial score (nSPS) is 21.5. The molecule has 2 aliphatic heterocycles. The zero-order valence-corrected chi connectivity index (χ0v) is 40.8. The number of hydrogen-bond donors (Lipinski definition) is 4. The van der Waals surface area contributed by atoms with Crippen LogP contribution in [0.5, 0.6) is 0 Å². The van der Waals surface area contributed by atoms with Crippen molar-refractivity contribution >= 4 is 47.6 Å². The highest BCUT2D eigenvalue weighted by atomic mass is 16.5. The summed E-state index contributed by atoms with van der Waals surface area (Å²) in [5.41, 5.74) is 12.5. The van der Waals surface area contributed by atoms with Crippen molar-refractivity contribution in [3.63, 3.8) is 0 Å². The number of nitrogens with one attached hydrogen (secondary N) is 4. The van der Waals surface area contributed by atoms with Gasteiger partial charge in [0.1, 0.15) is 12.5 Å². The largest absolute Gasteiger partial charge is 0.468 e. The van der Waals surface area contributed by atoms with Gasteiger partial charge in [-0.3, -0.25) is 14.4 Å². The lowest BCUT2D eigenvalue weighted by molar-refractivity contribution is -0.143. The highest BCUT2D eigenvalue weighted by Gasteiger charge is 2.48. The standard InChI is InChI=1S/C55H76N4O5/c1-13-39-35(8)42-28-44-37(10)41(24-25-48(60)64-27-26-34(7)23-17-22-33(6)21-16-20-32(5)19-15-18-31(3)4)52(58-44)50-51(55(62)63-12)54(61)49-38(11)45(59-53(49)50)30-47-40(14-2)36(9)43(57-47)29-46(39)56-42/h13,26,28-33,37,41,51,56-59H,1,14-25,27H2,2-12H3/b34-26+,43-29-,44-28-,47-30?,52-50-/t32-,33-,37+,41+,51-/m1/s1. The fourth-order valence-corrected chi connectivity index (χ4v) is 10.4. The van der Waals surface area contributed by atoms with E-state index in [9.17, 15) is 14.4 Å². The van der Waals surface area contributed by atoms with Crippen LogP contribution < -0.4 is 16.0 Å². The molecule has 3 aromatic heterocycles. The minimum atomic E-state index is -1.14. The Hall–Kier alpha value is -5.05. The van der Waals surface area contributed by atoms with Crippen LogP contribution in [0.15, 0.2) is 29.6 Å². The first kappa shape index (κ1) is 48.4. The second-order valence-corrected chi connectivity index (χ2v) is 19.7. The van der Waals surface area contributed by atoms with Gasteiger partial charge in [-0.2, -0.15) is 0 Å². The Morgan fingerprint density at radius 1 is 0.828 bits per heavy atom. The number of methoxy groups -OCH3 is 1. The number of rotatable bonds is 20. The zero-order chi connectivity index (χ0) is 46.4. The number of hydrogen-bond acceptors (Lipinski definition) is 6. The summed E-state index contributed by atoms with van der Waals surface area (Å²) in [6.07, 6.45) is 23.1. The summed E-state index contributed by atoms with van der Waals surface area (Å²) >= 11 is 0. The van der Waals surface area contributed by atoms with Crippen LogP contribution in [0.3, 0.4) is 0 Å². The average Bonchev–Trinajstić information content (AvgIpc) is 3.99. The second-order valence-electron chi connectivity index (χ2n) is 19.7. The molecule has 9 nitrogen and oxygen atoms in total. The molecule has 0 unspecified atom stereocenters. The number of H-pyrrole nitrogens is 3. The van der Waals surface area contributed by atoms with Gasteiger partial charge in [0.15, 0.2) is 5.78 Å². The highest BCUT2D eigenvalue weighted by Crippen LogP contribution is 2.48. The van der Waals surface area contributed by atoms with E-state index in [0.29, 0.717) is 23.3 Å². The molecule has 1 saturated heterocycles. The van der Waals surface area contributed by atoms with Crippen molar-refractivity contribution < 1.29 is 23.9 Å². The molecule has 4 N–H and O–H groups in total. The van der Waals surface area contributed by atoms with Gasteiger partial charge in [0.25, 0.3) is 0 Å². The lowest BCUT2D eigenvalue weighted by Gasteiger charge is -2.19. The SMILES string of the molecule is C=Cc1c2[nH]c(c1C)/C=C1\N/C(=C3\c4[nH]c(c(C)c4C(=O)[C@@H]3C(=O)OC)C=c3[nH]/c(c(C)c3CC)=C\2)[C@@H](CCC(=O)OC/C=C(\C)CCC[C@H](C)CCC[C@H](C)CCCC(C)C)[C@@H]1C.